The standard InChI is InChI=1S/C13H26N2/c1-3-4-5-8-15-9-6-13(7-10-15)11-14(2)12-13/h3-12H2,1-2H3. The van der Waals surface area contributed by atoms with Gasteiger partial charge in [0.25, 0.3) is 0 Å². The molecule has 0 amide bonds. The quantitative estimate of drug-likeness (QED) is 0.656. The first-order valence-electron chi connectivity index (χ1n) is 6.65. The Hall–Kier alpha value is -0.0800. The fourth-order valence-corrected chi connectivity index (χ4v) is 3.25. The summed E-state index contributed by atoms with van der Waals surface area (Å²) in [5.74, 6) is 0. The number of nitrogens with zero attached hydrogens (tertiary/aromatic N) is 2. The predicted octanol–water partition coefficient (Wildman–Crippen LogP) is 2.20. The Balaban J connectivity index is 1.64. The molecule has 15 heavy (non-hydrogen) atoms. The van der Waals surface area contributed by atoms with Gasteiger partial charge in [-0.1, -0.05) is 19.8 Å². The van der Waals surface area contributed by atoms with E-state index >= 15 is 0 Å². The third-order valence-electron chi connectivity index (χ3n) is 4.21. The van der Waals surface area contributed by atoms with Gasteiger partial charge in [-0.25, -0.2) is 0 Å². The first-order chi connectivity index (χ1) is 7.24. The molecular weight excluding hydrogens is 184 g/mol. The van der Waals surface area contributed by atoms with Crippen LogP contribution in [0.5, 0.6) is 0 Å². The van der Waals surface area contributed by atoms with Crippen molar-refractivity contribution in [3.63, 3.8) is 0 Å². The van der Waals surface area contributed by atoms with Gasteiger partial charge in [-0.15, -0.1) is 0 Å². The van der Waals surface area contributed by atoms with Crippen LogP contribution in [0.15, 0.2) is 0 Å². The molecule has 0 aromatic heterocycles. The van der Waals surface area contributed by atoms with Crippen molar-refractivity contribution in [1.29, 1.82) is 0 Å². The van der Waals surface area contributed by atoms with Gasteiger partial charge in [-0.3, -0.25) is 0 Å². The summed E-state index contributed by atoms with van der Waals surface area (Å²) >= 11 is 0. The van der Waals surface area contributed by atoms with Gasteiger partial charge in [-0.2, -0.15) is 0 Å². The summed E-state index contributed by atoms with van der Waals surface area (Å²) in [7, 11) is 2.25. The molecule has 2 heterocycles. The van der Waals surface area contributed by atoms with Gasteiger partial charge >= 0.3 is 0 Å². The second kappa shape index (κ2) is 4.84. The lowest BCUT2D eigenvalue weighted by molar-refractivity contribution is -0.0314. The molecule has 0 bridgehead atoms. The van der Waals surface area contributed by atoms with Crippen molar-refractivity contribution < 1.29 is 0 Å². The number of piperidine rings is 1. The summed E-state index contributed by atoms with van der Waals surface area (Å²) in [6.07, 6.45) is 7.06. The maximum atomic E-state index is 2.68. The highest BCUT2D eigenvalue weighted by Crippen LogP contribution is 2.39. The van der Waals surface area contributed by atoms with Crippen molar-refractivity contribution >= 4 is 0 Å². The average Bonchev–Trinajstić information content (AvgIpc) is 2.19. The highest BCUT2D eigenvalue weighted by Gasteiger charge is 2.42. The molecule has 88 valence electrons. The van der Waals surface area contributed by atoms with Crippen LogP contribution in [0.2, 0.25) is 0 Å². The van der Waals surface area contributed by atoms with Crippen LogP contribution < -0.4 is 0 Å². The van der Waals surface area contributed by atoms with E-state index in [0.29, 0.717) is 0 Å². The second-order valence-corrected chi connectivity index (χ2v) is 5.72. The Labute approximate surface area is 94.6 Å². The number of likely N-dealkylation sites (tertiary alicyclic amines) is 2. The zero-order valence-electron chi connectivity index (χ0n) is 10.5. The van der Waals surface area contributed by atoms with E-state index in [1.54, 1.807) is 0 Å². The third kappa shape index (κ3) is 2.73. The predicted molar refractivity (Wildman–Crippen MR) is 65.1 cm³/mol. The highest BCUT2D eigenvalue weighted by molar-refractivity contribution is 4.96. The molecule has 0 aliphatic carbocycles. The van der Waals surface area contributed by atoms with Crippen LogP contribution in [0, 0.1) is 5.41 Å². The maximum absolute atomic E-state index is 2.68. The monoisotopic (exact) mass is 210 g/mol. The summed E-state index contributed by atoms with van der Waals surface area (Å²) in [6.45, 7) is 9.07. The topological polar surface area (TPSA) is 6.48 Å². The summed E-state index contributed by atoms with van der Waals surface area (Å²) in [6, 6.07) is 0. The number of unbranched alkanes of at least 4 members (excludes halogenated alkanes) is 2. The normalized spacial score (nSPS) is 26.8. The molecule has 0 unspecified atom stereocenters. The fraction of sp³-hybridized carbons (Fsp3) is 1.00. The molecular formula is C13H26N2. The molecule has 2 aliphatic heterocycles. The van der Waals surface area contributed by atoms with E-state index in [4.69, 9.17) is 0 Å². The lowest BCUT2D eigenvalue weighted by Gasteiger charge is -2.53. The molecule has 2 saturated heterocycles. The Bertz CT molecular complexity index is 187. The summed E-state index contributed by atoms with van der Waals surface area (Å²) in [5.41, 5.74) is 0.732. The summed E-state index contributed by atoms with van der Waals surface area (Å²) in [4.78, 5) is 5.14. The average molecular weight is 210 g/mol. The van der Waals surface area contributed by atoms with Crippen LogP contribution in [-0.2, 0) is 0 Å². The molecule has 2 rings (SSSR count). The van der Waals surface area contributed by atoms with Gasteiger partial charge in [-0.05, 0) is 51.4 Å². The lowest BCUT2D eigenvalue weighted by Crippen LogP contribution is -2.58. The zero-order chi connectivity index (χ0) is 10.7. The number of rotatable bonds is 4. The molecule has 0 aromatic carbocycles. The Morgan fingerprint density at radius 3 is 2.27 bits per heavy atom. The van der Waals surface area contributed by atoms with Gasteiger partial charge in [0.2, 0.25) is 0 Å². The van der Waals surface area contributed by atoms with Gasteiger partial charge in [0, 0.05) is 13.1 Å². The molecule has 2 fully saturated rings. The Kier molecular flexibility index (Phi) is 3.68. The van der Waals surface area contributed by atoms with Crippen molar-refractivity contribution in [3.8, 4) is 0 Å². The van der Waals surface area contributed by atoms with Gasteiger partial charge in [0.1, 0.15) is 0 Å². The number of hydrogen-bond acceptors (Lipinski definition) is 2. The van der Waals surface area contributed by atoms with Crippen LogP contribution in [0.4, 0.5) is 0 Å². The first-order valence-corrected chi connectivity index (χ1v) is 6.65. The summed E-state index contributed by atoms with van der Waals surface area (Å²) < 4.78 is 0. The second-order valence-electron chi connectivity index (χ2n) is 5.72. The van der Waals surface area contributed by atoms with Crippen molar-refractivity contribution in [2.24, 2.45) is 5.41 Å². The zero-order valence-corrected chi connectivity index (χ0v) is 10.5. The summed E-state index contributed by atoms with van der Waals surface area (Å²) in [5, 5.41) is 0. The fourth-order valence-electron chi connectivity index (χ4n) is 3.25. The van der Waals surface area contributed by atoms with Gasteiger partial charge in [0.15, 0.2) is 0 Å². The molecule has 0 radical (unpaired) electrons. The first kappa shape index (κ1) is 11.4. The molecule has 1 spiro atoms. The van der Waals surface area contributed by atoms with E-state index in [2.05, 4.69) is 23.8 Å². The van der Waals surface area contributed by atoms with Crippen LogP contribution >= 0.6 is 0 Å². The van der Waals surface area contributed by atoms with Crippen LogP contribution in [0.3, 0.4) is 0 Å². The van der Waals surface area contributed by atoms with Crippen molar-refractivity contribution in [3.05, 3.63) is 0 Å². The highest BCUT2D eigenvalue weighted by atomic mass is 15.2. The molecule has 0 saturated carbocycles. The van der Waals surface area contributed by atoms with Crippen LogP contribution in [0.1, 0.15) is 39.0 Å². The van der Waals surface area contributed by atoms with Gasteiger partial charge < -0.3 is 9.80 Å². The number of hydrogen-bond donors (Lipinski definition) is 0. The van der Waals surface area contributed by atoms with Gasteiger partial charge in [0.05, 0.1) is 0 Å². The molecule has 0 N–H and O–H groups in total. The smallest absolute Gasteiger partial charge is 0.00484 e. The van der Waals surface area contributed by atoms with E-state index in [1.807, 2.05) is 0 Å². The minimum absolute atomic E-state index is 0.732. The molecule has 2 nitrogen and oxygen atoms in total. The molecule has 2 heteroatoms. The maximum Gasteiger partial charge on any atom is 0.00484 e. The third-order valence-corrected chi connectivity index (χ3v) is 4.21. The Morgan fingerprint density at radius 2 is 1.73 bits per heavy atom. The van der Waals surface area contributed by atoms with Crippen molar-refractivity contribution in [1.82, 2.24) is 9.80 Å². The molecule has 2 aliphatic rings. The minimum atomic E-state index is 0.732. The van der Waals surface area contributed by atoms with Crippen LogP contribution in [-0.4, -0.2) is 49.6 Å². The Morgan fingerprint density at radius 1 is 1.07 bits per heavy atom. The molecule has 0 aromatic rings. The van der Waals surface area contributed by atoms with E-state index in [1.165, 1.54) is 64.8 Å². The minimum Gasteiger partial charge on any atom is -0.305 e. The van der Waals surface area contributed by atoms with E-state index in [0.717, 1.165) is 5.41 Å². The largest absolute Gasteiger partial charge is 0.305 e. The van der Waals surface area contributed by atoms with Crippen molar-refractivity contribution in [2.75, 3.05) is 39.8 Å². The van der Waals surface area contributed by atoms with E-state index in [9.17, 15) is 0 Å². The van der Waals surface area contributed by atoms with E-state index in [-0.39, 0.29) is 0 Å². The van der Waals surface area contributed by atoms with E-state index < -0.39 is 0 Å². The molecule has 0 atom stereocenters. The van der Waals surface area contributed by atoms with Crippen molar-refractivity contribution in [2.45, 2.75) is 39.0 Å². The SMILES string of the molecule is CCCCCN1CCC2(CC1)CN(C)C2. The van der Waals surface area contributed by atoms with Crippen LogP contribution in [0.25, 0.3) is 0 Å². The lowest BCUT2D eigenvalue weighted by atomic mass is 9.72.